The lowest BCUT2D eigenvalue weighted by Gasteiger charge is -2.18. The van der Waals surface area contributed by atoms with Crippen LogP contribution in [-0.4, -0.2) is 64.1 Å². The molecule has 150 valence electrons. The molecule has 0 saturated carbocycles. The fourth-order valence-corrected chi connectivity index (χ4v) is 4.01. The van der Waals surface area contributed by atoms with Crippen LogP contribution in [-0.2, 0) is 19.6 Å². The van der Waals surface area contributed by atoms with Crippen LogP contribution in [0.25, 0.3) is 0 Å². The molecule has 1 aliphatic rings. The van der Waals surface area contributed by atoms with Crippen molar-refractivity contribution in [1.29, 1.82) is 0 Å². The van der Waals surface area contributed by atoms with Gasteiger partial charge in [0.1, 0.15) is 5.75 Å². The number of ether oxygens (including phenoxy) is 1. The Kier molecular flexibility index (Phi) is 7.20. The van der Waals surface area contributed by atoms with Gasteiger partial charge in [-0.25, -0.2) is 12.7 Å². The zero-order valence-corrected chi connectivity index (χ0v) is 16.8. The number of benzene rings is 1. The number of carbonyl (C=O) groups excluding carboxylic acids is 2. The lowest BCUT2D eigenvalue weighted by molar-refractivity contribution is -0.126. The van der Waals surface area contributed by atoms with Crippen molar-refractivity contribution in [2.45, 2.75) is 19.8 Å². The van der Waals surface area contributed by atoms with Crippen molar-refractivity contribution in [1.82, 2.24) is 9.62 Å². The number of methoxy groups -OCH3 is 1. The van der Waals surface area contributed by atoms with Crippen molar-refractivity contribution in [2.24, 2.45) is 5.92 Å². The molecule has 1 N–H and O–H groups in total. The van der Waals surface area contributed by atoms with Crippen LogP contribution < -0.4 is 15.0 Å². The third kappa shape index (κ3) is 5.67. The second-order valence-corrected chi connectivity index (χ2v) is 8.49. The van der Waals surface area contributed by atoms with Crippen LogP contribution in [0.5, 0.6) is 5.75 Å². The van der Waals surface area contributed by atoms with Gasteiger partial charge in [0.15, 0.2) is 0 Å². The highest BCUT2D eigenvalue weighted by molar-refractivity contribution is 7.88. The summed E-state index contributed by atoms with van der Waals surface area (Å²) in [5.41, 5.74) is 0.710. The summed E-state index contributed by atoms with van der Waals surface area (Å²) in [6.45, 7) is 3.22. The first-order valence-electron chi connectivity index (χ1n) is 8.93. The Morgan fingerprint density at radius 3 is 2.78 bits per heavy atom. The quantitative estimate of drug-likeness (QED) is 0.623. The maximum atomic E-state index is 12.4. The van der Waals surface area contributed by atoms with E-state index in [9.17, 15) is 18.0 Å². The average molecular weight is 397 g/mol. The Morgan fingerprint density at radius 1 is 1.41 bits per heavy atom. The number of amides is 2. The zero-order chi connectivity index (χ0) is 20.0. The number of sulfonamides is 1. The third-order valence-electron chi connectivity index (χ3n) is 4.57. The Morgan fingerprint density at radius 2 is 2.15 bits per heavy atom. The summed E-state index contributed by atoms with van der Waals surface area (Å²) in [5, 5.41) is 2.81. The molecule has 0 aromatic heterocycles. The van der Waals surface area contributed by atoms with Gasteiger partial charge < -0.3 is 15.0 Å². The molecule has 0 radical (unpaired) electrons. The number of hydrogen-bond donors (Lipinski definition) is 1. The Bertz CT molecular complexity index is 781. The molecule has 0 spiro atoms. The first-order valence-corrected chi connectivity index (χ1v) is 10.8. The summed E-state index contributed by atoms with van der Waals surface area (Å²) in [6, 6.07) is 7.17. The smallest absolute Gasteiger partial charge is 0.227 e. The highest BCUT2D eigenvalue weighted by Gasteiger charge is 2.35. The average Bonchev–Trinajstić information content (AvgIpc) is 3.02. The molecule has 1 saturated heterocycles. The normalized spacial score (nSPS) is 17.4. The van der Waals surface area contributed by atoms with Gasteiger partial charge in [-0.05, 0) is 18.6 Å². The van der Waals surface area contributed by atoms with Crippen molar-refractivity contribution in [3.05, 3.63) is 24.3 Å². The number of hydrogen-bond acceptors (Lipinski definition) is 5. The van der Waals surface area contributed by atoms with Gasteiger partial charge >= 0.3 is 0 Å². The highest BCUT2D eigenvalue weighted by Crippen LogP contribution is 2.27. The molecular weight excluding hydrogens is 370 g/mol. The summed E-state index contributed by atoms with van der Waals surface area (Å²) in [4.78, 5) is 26.2. The van der Waals surface area contributed by atoms with Gasteiger partial charge in [0.25, 0.3) is 0 Å². The van der Waals surface area contributed by atoms with Gasteiger partial charge in [-0.1, -0.05) is 13.0 Å². The van der Waals surface area contributed by atoms with Crippen molar-refractivity contribution in [2.75, 3.05) is 44.4 Å². The maximum Gasteiger partial charge on any atom is 0.227 e. The van der Waals surface area contributed by atoms with Gasteiger partial charge in [-0.15, -0.1) is 0 Å². The fraction of sp³-hybridized carbons (Fsp3) is 0.556. The lowest BCUT2D eigenvalue weighted by atomic mass is 10.1. The topological polar surface area (TPSA) is 96.0 Å². The minimum absolute atomic E-state index is 0.0994. The van der Waals surface area contributed by atoms with Gasteiger partial charge in [0.2, 0.25) is 21.8 Å². The molecule has 1 fully saturated rings. The predicted octanol–water partition coefficient (Wildman–Crippen LogP) is 0.836. The molecule has 0 aliphatic carbocycles. The van der Waals surface area contributed by atoms with E-state index in [0.29, 0.717) is 44.0 Å². The second kappa shape index (κ2) is 9.18. The first kappa shape index (κ1) is 21.2. The Labute approximate surface area is 160 Å². The van der Waals surface area contributed by atoms with E-state index in [0.717, 1.165) is 0 Å². The van der Waals surface area contributed by atoms with E-state index in [1.165, 1.54) is 10.6 Å². The highest BCUT2D eigenvalue weighted by atomic mass is 32.2. The van der Waals surface area contributed by atoms with Crippen LogP contribution in [0.1, 0.15) is 19.8 Å². The van der Waals surface area contributed by atoms with Crippen molar-refractivity contribution < 1.29 is 22.7 Å². The third-order valence-corrected chi connectivity index (χ3v) is 5.94. The van der Waals surface area contributed by atoms with E-state index in [1.54, 1.807) is 37.1 Å². The van der Waals surface area contributed by atoms with Crippen LogP contribution in [0.4, 0.5) is 5.69 Å². The predicted molar refractivity (Wildman–Crippen MR) is 103 cm³/mol. The minimum Gasteiger partial charge on any atom is -0.497 e. The molecule has 0 bridgehead atoms. The fourth-order valence-electron chi connectivity index (χ4n) is 3.08. The van der Waals surface area contributed by atoms with Crippen molar-refractivity contribution >= 4 is 27.5 Å². The van der Waals surface area contributed by atoms with Crippen LogP contribution in [0.3, 0.4) is 0 Å². The monoisotopic (exact) mass is 397 g/mol. The SMILES string of the molecule is CCN(CCCNC(=O)C1CC(=O)N(c2cccc(OC)c2)C1)S(C)(=O)=O. The molecule has 2 amide bonds. The summed E-state index contributed by atoms with van der Waals surface area (Å²) in [7, 11) is -1.66. The van der Waals surface area contributed by atoms with Crippen LogP contribution >= 0.6 is 0 Å². The maximum absolute atomic E-state index is 12.4. The van der Waals surface area contributed by atoms with Crippen LogP contribution in [0.15, 0.2) is 24.3 Å². The molecule has 2 rings (SSSR count). The summed E-state index contributed by atoms with van der Waals surface area (Å²) in [5.74, 6) is -0.0470. The number of nitrogens with one attached hydrogen (secondary N) is 1. The number of anilines is 1. The molecule has 27 heavy (non-hydrogen) atoms. The van der Waals surface area contributed by atoms with Crippen molar-refractivity contribution in [3.63, 3.8) is 0 Å². The molecule has 1 heterocycles. The van der Waals surface area contributed by atoms with E-state index >= 15 is 0 Å². The molecule has 8 nitrogen and oxygen atoms in total. The number of nitrogens with zero attached hydrogens (tertiary/aromatic N) is 2. The summed E-state index contributed by atoms with van der Waals surface area (Å²) >= 11 is 0. The lowest BCUT2D eigenvalue weighted by Crippen LogP contribution is -2.36. The van der Waals surface area contributed by atoms with E-state index in [-0.39, 0.29) is 18.2 Å². The van der Waals surface area contributed by atoms with E-state index < -0.39 is 15.9 Å². The molecular formula is C18H27N3O5S. The molecule has 1 unspecified atom stereocenters. The van der Waals surface area contributed by atoms with Crippen molar-refractivity contribution in [3.8, 4) is 5.75 Å². The number of rotatable bonds is 9. The summed E-state index contributed by atoms with van der Waals surface area (Å²) < 4.78 is 29.6. The zero-order valence-electron chi connectivity index (χ0n) is 16.0. The van der Waals surface area contributed by atoms with Gasteiger partial charge in [-0.2, -0.15) is 0 Å². The largest absolute Gasteiger partial charge is 0.497 e. The minimum atomic E-state index is -3.22. The van der Waals surface area contributed by atoms with Gasteiger partial charge in [0, 0.05) is 44.4 Å². The van der Waals surface area contributed by atoms with E-state index in [1.807, 2.05) is 6.07 Å². The van der Waals surface area contributed by atoms with Gasteiger partial charge in [-0.3, -0.25) is 9.59 Å². The van der Waals surface area contributed by atoms with E-state index in [4.69, 9.17) is 4.74 Å². The molecule has 9 heteroatoms. The van der Waals surface area contributed by atoms with Crippen LogP contribution in [0, 0.1) is 5.92 Å². The summed E-state index contributed by atoms with van der Waals surface area (Å²) in [6.07, 6.45) is 1.85. The standard InChI is InChI=1S/C18H27N3O5S/c1-4-20(27(3,24)25)10-6-9-19-18(23)14-11-17(22)21(13-14)15-7-5-8-16(12-15)26-2/h5,7-8,12,14H,4,6,9-11,13H2,1-3H3,(H,19,23). The van der Waals surface area contributed by atoms with Crippen LogP contribution in [0.2, 0.25) is 0 Å². The first-order chi connectivity index (χ1) is 12.8. The number of carbonyl (C=O) groups is 2. The van der Waals surface area contributed by atoms with E-state index in [2.05, 4.69) is 5.32 Å². The Hall–Kier alpha value is -2.13. The molecule has 1 atom stereocenters. The molecule has 1 aromatic rings. The molecule has 1 aromatic carbocycles. The Balaban J connectivity index is 1.85. The van der Waals surface area contributed by atoms with Gasteiger partial charge in [0.05, 0.1) is 19.3 Å². The molecule has 1 aliphatic heterocycles. The second-order valence-electron chi connectivity index (χ2n) is 6.51.